The first kappa shape index (κ1) is 18.8. The average molecular weight is 405 g/mol. The van der Waals surface area contributed by atoms with Crippen LogP contribution < -0.4 is 5.73 Å². The Morgan fingerprint density at radius 3 is 2.52 bits per heavy atom. The van der Waals surface area contributed by atoms with Crippen LogP contribution in [0.2, 0.25) is 5.02 Å². The molecule has 1 saturated heterocycles. The van der Waals surface area contributed by atoms with Crippen LogP contribution in [0.25, 0.3) is 10.2 Å². The molecule has 0 aliphatic carbocycles. The number of hydrogen-bond donors (Lipinski definition) is 1. The van der Waals surface area contributed by atoms with Crippen molar-refractivity contribution in [2.45, 2.75) is 12.6 Å². The third kappa shape index (κ3) is 4.65. The molecular formula is C20H22ClFN4S. The maximum atomic E-state index is 13.4. The largest absolute Gasteiger partial charge is 0.321 e. The van der Waals surface area contributed by atoms with Gasteiger partial charge in [0.05, 0.1) is 16.3 Å². The Morgan fingerprint density at radius 2 is 1.78 bits per heavy atom. The van der Waals surface area contributed by atoms with Crippen molar-refractivity contribution >= 4 is 33.2 Å². The van der Waals surface area contributed by atoms with Crippen molar-refractivity contribution < 1.29 is 4.39 Å². The molecule has 2 heterocycles. The molecule has 142 valence electrons. The summed E-state index contributed by atoms with van der Waals surface area (Å²) in [5.74, 6) is -0.233. The van der Waals surface area contributed by atoms with Crippen molar-refractivity contribution in [1.29, 1.82) is 0 Å². The molecule has 4 nitrogen and oxygen atoms in total. The Hall–Kier alpha value is -1.57. The topological polar surface area (TPSA) is 45.4 Å². The minimum absolute atomic E-state index is 0.145. The van der Waals surface area contributed by atoms with E-state index in [4.69, 9.17) is 17.3 Å². The Labute approximate surface area is 167 Å². The van der Waals surface area contributed by atoms with Crippen molar-refractivity contribution in [3.8, 4) is 0 Å². The highest BCUT2D eigenvalue weighted by Crippen LogP contribution is 2.27. The van der Waals surface area contributed by atoms with Crippen LogP contribution in [0.1, 0.15) is 16.6 Å². The summed E-state index contributed by atoms with van der Waals surface area (Å²) >= 11 is 7.44. The van der Waals surface area contributed by atoms with Gasteiger partial charge < -0.3 is 5.73 Å². The van der Waals surface area contributed by atoms with Crippen molar-refractivity contribution in [2.75, 3.05) is 32.7 Å². The summed E-state index contributed by atoms with van der Waals surface area (Å²) < 4.78 is 14.2. The molecule has 27 heavy (non-hydrogen) atoms. The summed E-state index contributed by atoms with van der Waals surface area (Å²) in [4.78, 5) is 9.41. The van der Waals surface area contributed by atoms with Gasteiger partial charge in [-0.1, -0.05) is 23.7 Å². The smallest absolute Gasteiger partial charge is 0.124 e. The number of rotatable bonds is 5. The number of hydrogen-bond acceptors (Lipinski definition) is 5. The first-order valence-electron chi connectivity index (χ1n) is 9.07. The van der Waals surface area contributed by atoms with E-state index in [1.54, 1.807) is 6.07 Å². The molecule has 1 atom stereocenters. The molecule has 1 fully saturated rings. The lowest BCUT2D eigenvalue weighted by molar-refractivity contribution is 0.122. The summed E-state index contributed by atoms with van der Waals surface area (Å²) in [5.41, 5.74) is 8.49. The van der Waals surface area contributed by atoms with Crippen LogP contribution in [0.5, 0.6) is 0 Å². The van der Waals surface area contributed by atoms with Crippen molar-refractivity contribution in [3.05, 3.63) is 63.9 Å². The number of nitrogens with two attached hydrogens (primary N) is 1. The summed E-state index contributed by atoms with van der Waals surface area (Å²) in [6.45, 7) is 5.72. The van der Waals surface area contributed by atoms with E-state index in [0.717, 1.165) is 59.5 Å². The monoisotopic (exact) mass is 404 g/mol. The molecule has 3 aromatic rings. The second kappa shape index (κ2) is 8.20. The standard InChI is InChI=1S/C20H22ClFN4S/c21-15-3-1-14(2-4-15)12-25-7-9-26(10-8-25)13-17(23)20-24-18-6-5-16(22)11-19(18)27-20/h1-6,11,17H,7-10,12-13,23H2. The van der Waals surface area contributed by atoms with Crippen LogP contribution in [-0.2, 0) is 6.54 Å². The predicted molar refractivity (Wildman–Crippen MR) is 110 cm³/mol. The van der Waals surface area contributed by atoms with E-state index in [2.05, 4.69) is 26.9 Å². The highest BCUT2D eigenvalue weighted by Gasteiger charge is 2.21. The van der Waals surface area contributed by atoms with Crippen molar-refractivity contribution in [2.24, 2.45) is 5.73 Å². The first-order chi connectivity index (χ1) is 13.1. The summed E-state index contributed by atoms with van der Waals surface area (Å²) in [6, 6.07) is 12.6. The molecule has 0 radical (unpaired) electrons. The van der Waals surface area contributed by atoms with Gasteiger partial charge in [-0.15, -0.1) is 11.3 Å². The summed E-state index contributed by atoms with van der Waals surface area (Å²) in [7, 11) is 0. The molecule has 0 spiro atoms. The van der Waals surface area contributed by atoms with Crippen molar-refractivity contribution in [1.82, 2.24) is 14.8 Å². The van der Waals surface area contributed by atoms with Gasteiger partial charge >= 0.3 is 0 Å². The van der Waals surface area contributed by atoms with E-state index in [1.165, 1.54) is 29.0 Å². The lowest BCUT2D eigenvalue weighted by atomic mass is 10.2. The van der Waals surface area contributed by atoms with Gasteiger partial charge in [-0.2, -0.15) is 0 Å². The number of nitrogens with zero attached hydrogens (tertiary/aromatic N) is 3. The molecular weight excluding hydrogens is 383 g/mol. The Balaban J connectivity index is 1.30. The molecule has 2 N–H and O–H groups in total. The van der Waals surface area contributed by atoms with E-state index in [1.807, 2.05) is 12.1 Å². The molecule has 0 bridgehead atoms. The fourth-order valence-corrected chi connectivity index (χ4v) is 4.52. The van der Waals surface area contributed by atoms with Gasteiger partial charge in [-0.3, -0.25) is 9.80 Å². The normalized spacial score (nSPS) is 17.4. The molecule has 1 unspecified atom stereocenters. The minimum atomic E-state index is -0.233. The van der Waals surface area contributed by atoms with Gasteiger partial charge in [0.1, 0.15) is 10.8 Å². The zero-order valence-electron chi connectivity index (χ0n) is 14.9. The molecule has 2 aromatic carbocycles. The van der Waals surface area contributed by atoms with Crippen molar-refractivity contribution in [3.63, 3.8) is 0 Å². The van der Waals surface area contributed by atoms with Crippen LogP contribution in [0.4, 0.5) is 4.39 Å². The lowest BCUT2D eigenvalue weighted by Gasteiger charge is -2.35. The number of thiazole rings is 1. The molecule has 0 amide bonds. The average Bonchev–Trinajstić information content (AvgIpc) is 3.08. The summed E-state index contributed by atoms with van der Waals surface area (Å²) in [6.07, 6.45) is 0. The SMILES string of the molecule is NC(CN1CCN(Cc2ccc(Cl)cc2)CC1)c1nc2ccc(F)cc2s1. The van der Waals surface area contributed by atoms with Gasteiger partial charge in [0.15, 0.2) is 0 Å². The fraction of sp³-hybridized carbons (Fsp3) is 0.350. The van der Waals surface area contributed by atoms with Gasteiger partial charge in [0.25, 0.3) is 0 Å². The van der Waals surface area contributed by atoms with E-state index in [-0.39, 0.29) is 11.9 Å². The fourth-order valence-electron chi connectivity index (χ4n) is 3.41. The van der Waals surface area contributed by atoms with E-state index in [9.17, 15) is 4.39 Å². The maximum absolute atomic E-state index is 13.4. The highest BCUT2D eigenvalue weighted by atomic mass is 35.5. The second-order valence-electron chi connectivity index (χ2n) is 6.97. The van der Waals surface area contributed by atoms with Gasteiger partial charge in [0, 0.05) is 44.3 Å². The molecule has 1 aliphatic heterocycles. The van der Waals surface area contributed by atoms with Gasteiger partial charge in [-0.05, 0) is 35.9 Å². The number of piperazine rings is 1. The Kier molecular flexibility index (Phi) is 5.71. The van der Waals surface area contributed by atoms with Crippen LogP contribution in [0, 0.1) is 5.82 Å². The molecule has 0 saturated carbocycles. The van der Waals surface area contributed by atoms with Crippen LogP contribution in [-0.4, -0.2) is 47.5 Å². The van der Waals surface area contributed by atoms with E-state index in [0.29, 0.717) is 0 Å². The third-order valence-corrected chi connectivity index (χ3v) is 6.33. The number of benzene rings is 2. The maximum Gasteiger partial charge on any atom is 0.124 e. The highest BCUT2D eigenvalue weighted by molar-refractivity contribution is 7.18. The van der Waals surface area contributed by atoms with Crippen LogP contribution >= 0.6 is 22.9 Å². The summed E-state index contributed by atoms with van der Waals surface area (Å²) in [5, 5.41) is 1.65. The first-order valence-corrected chi connectivity index (χ1v) is 10.3. The van der Waals surface area contributed by atoms with Crippen LogP contribution in [0.3, 0.4) is 0 Å². The zero-order valence-corrected chi connectivity index (χ0v) is 16.5. The molecule has 1 aliphatic rings. The molecule has 7 heteroatoms. The number of fused-ring (bicyclic) bond motifs is 1. The molecule has 1 aromatic heterocycles. The van der Waals surface area contributed by atoms with Crippen LogP contribution in [0.15, 0.2) is 42.5 Å². The lowest BCUT2D eigenvalue weighted by Crippen LogP contribution is -2.47. The molecule has 4 rings (SSSR count). The second-order valence-corrected chi connectivity index (χ2v) is 8.47. The number of aromatic nitrogens is 1. The van der Waals surface area contributed by atoms with Gasteiger partial charge in [0.2, 0.25) is 0 Å². The quantitative estimate of drug-likeness (QED) is 0.700. The van der Waals surface area contributed by atoms with E-state index < -0.39 is 0 Å². The Bertz CT molecular complexity index is 906. The zero-order chi connectivity index (χ0) is 18.8. The number of halogens is 2. The minimum Gasteiger partial charge on any atom is -0.321 e. The predicted octanol–water partition coefficient (Wildman–Crippen LogP) is 3.91. The Morgan fingerprint density at radius 1 is 1.07 bits per heavy atom. The van der Waals surface area contributed by atoms with E-state index >= 15 is 0 Å². The van der Waals surface area contributed by atoms with Gasteiger partial charge in [-0.25, -0.2) is 9.37 Å². The third-order valence-electron chi connectivity index (χ3n) is 4.92.